The lowest BCUT2D eigenvalue weighted by atomic mass is 10.2. The fourth-order valence-electron chi connectivity index (χ4n) is 2.06. The van der Waals surface area contributed by atoms with Crippen molar-refractivity contribution in [1.82, 2.24) is 4.98 Å². The third-order valence-corrected chi connectivity index (χ3v) is 5.33. The number of thioether (sulfide) groups is 1. The molecule has 0 saturated carbocycles. The number of anilines is 1. The topological polar surface area (TPSA) is 109 Å². The van der Waals surface area contributed by atoms with Gasteiger partial charge in [0.15, 0.2) is 4.34 Å². The molecule has 124 valence electrons. The zero-order chi connectivity index (χ0) is 17.8. The van der Waals surface area contributed by atoms with Crippen LogP contribution < -0.4 is 5.32 Å². The van der Waals surface area contributed by atoms with Crippen molar-refractivity contribution in [1.29, 1.82) is 5.26 Å². The second kappa shape index (κ2) is 7.29. The summed E-state index contributed by atoms with van der Waals surface area (Å²) in [4.78, 5) is 26.7. The lowest BCUT2D eigenvalue weighted by molar-refractivity contribution is -0.384. The quantitative estimate of drug-likeness (QED) is 0.415. The predicted octanol–water partition coefficient (Wildman–Crippen LogP) is 3.81. The number of amides is 1. The van der Waals surface area contributed by atoms with Gasteiger partial charge in [-0.25, -0.2) is 4.98 Å². The van der Waals surface area contributed by atoms with Gasteiger partial charge >= 0.3 is 0 Å². The number of hydrogen-bond acceptors (Lipinski definition) is 7. The van der Waals surface area contributed by atoms with Crippen molar-refractivity contribution in [3.05, 3.63) is 58.1 Å². The van der Waals surface area contributed by atoms with Gasteiger partial charge in [-0.3, -0.25) is 14.9 Å². The van der Waals surface area contributed by atoms with Gasteiger partial charge in [0.05, 0.1) is 32.5 Å². The number of nitrogens with zero attached hydrogens (tertiary/aromatic N) is 3. The first-order valence-electron chi connectivity index (χ1n) is 7.03. The number of rotatable bonds is 5. The van der Waals surface area contributed by atoms with E-state index >= 15 is 0 Å². The number of carbonyl (C=O) groups is 1. The Balaban J connectivity index is 1.64. The van der Waals surface area contributed by atoms with Crippen LogP contribution in [0.1, 0.15) is 5.56 Å². The molecule has 1 amide bonds. The summed E-state index contributed by atoms with van der Waals surface area (Å²) in [6.07, 6.45) is 0. The Morgan fingerprint density at radius 3 is 2.96 bits per heavy atom. The molecule has 0 aliphatic rings. The standard InChI is InChI=1S/C16H10N4O3S2/c17-8-10-2-1-3-11(6-10)18-15(21)9-24-16-19-13-5-4-12(20(22)23)7-14(13)25-16/h1-7H,9H2,(H,18,21). The van der Waals surface area contributed by atoms with E-state index in [0.29, 0.717) is 25.8 Å². The minimum absolute atomic E-state index is 0.0165. The van der Waals surface area contributed by atoms with Crippen molar-refractivity contribution in [3.8, 4) is 6.07 Å². The van der Waals surface area contributed by atoms with Crippen LogP contribution >= 0.6 is 23.1 Å². The number of aromatic nitrogens is 1. The Kier molecular flexibility index (Phi) is 4.92. The molecule has 0 fully saturated rings. The van der Waals surface area contributed by atoms with Gasteiger partial charge in [0, 0.05) is 17.8 Å². The van der Waals surface area contributed by atoms with Crippen LogP contribution in [0.4, 0.5) is 11.4 Å². The monoisotopic (exact) mass is 370 g/mol. The maximum atomic E-state index is 12.0. The SMILES string of the molecule is N#Cc1cccc(NC(=O)CSc2nc3ccc([N+](=O)[O-])cc3s2)c1. The molecule has 2 aromatic carbocycles. The number of nitrogens with one attached hydrogen (secondary N) is 1. The highest BCUT2D eigenvalue weighted by atomic mass is 32.2. The molecule has 0 spiro atoms. The molecule has 25 heavy (non-hydrogen) atoms. The Labute approximate surface area is 150 Å². The van der Waals surface area contributed by atoms with E-state index < -0.39 is 4.92 Å². The molecule has 0 aliphatic heterocycles. The zero-order valence-electron chi connectivity index (χ0n) is 12.6. The average Bonchev–Trinajstić information content (AvgIpc) is 3.02. The molecule has 0 radical (unpaired) electrons. The highest BCUT2D eigenvalue weighted by Gasteiger charge is 2.12. The molecule has 3 rings (SSSR count). The van der Waals surface area contributed by atoms with Crippen molar-refractivity contribution in [2.75, 3.05) is 11.1 Å². The number of fused-ring (bicyclic) bond motifs is 1. The Bertz CT molecular complexity index is 1010. The van der Waals surface area contributed by atoms with E-state index in [1.165, 1.54) is 35.2 Å². The van der Waals surface area contributed by atoms with Crippen molar-refractivity contribution in [3.63, 3.8) is 0 Å². The van der Waals surface area contributed by atoms with Crippen molar-refractivity contribution >= 4 is 50.6 Å². The summed E-state index contributed by atoms with van der Waals surface area (Å²) < 4.78 is 1.37. The molecule has 0 bridgehead atoms. The number of hydrogen-bond donors (Lipinski definition) is 1. The first-order chi connectivity index (χ1) is 12.0. The molecule has 1 heterocycles. The van der Waals surface area contributed by atoms with E-state index in [9.17, 15) is 14.9 Å². The average molecular weight is 370 g/mol. The number of nitro benzene ring substituents is 1. The van der Waals surface area contributed by atoms with Crippen molar-refractivity contribution < 1.29 is 9.72 Å². The highest BCUT2D eigenvalue weighted by molar-refractivity contribution is 8.01. The Hall–Kier alpha value is -2.96. The maximum Gasteiger partial charge on any atom is 0.270 e. The third-order valence-electron chi connectivity index (χ3n) is 3.17. The van der Waals surface area contributed by atoms with Crippen molar-refractivity contribution in [2.45, 2.75) is 4.34 Å². The van der Waals surface area contributed by atoms with Gasteiger partial charge in [-0.05, 0) is 24.3 Å². The van der Waals surface area contributed by atoms with Crippen molar-refractivity contribution in [2.24, 2.45) is 0 Å². The summed E-state index contributed by atoms with van der Waals surface area (Å²) >= 11 is 2.57. The molecule has 0 aliphatic carbocycles. The van der Waals surface area contributed by atoms with Crippen LogP contribution in [0.25, 0.3) is 10.2 Å². The summed E-state index contributed by atoms with van der Waals surface area (Å²) in [6.45, 7) is 0. The van der Waals surface area contributed by atoms with Crippen LogP contribution in [-0.4, -0.2) is 21.6 Å². The normalized spacial score (nSPS) is 10.4. The van der Waals surface area contributed by atoms with E-state index in [0.717, 1.165) is 0 Å². The second-order valence-electron chi connectivity index (χ2n) is 4.92. The number of nitro groups is 1. The molecule has 3 aromatic rings. The maximum absolute atomic E-state index is 12.0. The van der Waals surface area contributed by atoms with E-state index in [-0.39, 0.29) is 17.3 Å². The molecule has 0 atom stereocenters. The largest absolute Gasteiger partial charge is 0.325 e. The lowest BCUT2D eigenvalue weighted by Gasteiger charge is -2.04. The zero-order valence-corrected chi connectivity index (χ0v) is 14.3. The van der Waals surface area contributed by atoms with Crippen LogP contribution in [0.3, 0.4) is 0 Å². The van der Waals surface area contributed by atoms with Crippen LogP contribution in [0.5, 0.6) is 0 Å². The van der Waals surface area contributed by atoms with Gasteiger partial charge in [0.1, 0.15) is 0 Å². The first-order valence-corrected chi connectivity index (χ1v) is 8.83. The van der Waals surface area contributed by atoms with Gasteiger partial charge in [-0.15, -0.1) is 11.3 Å². The molecule has 1 aromatic heterocycles. The minimum Gasteiger partial charge on any atom is -0.325 e. The number of thiazole rings is 1. The summed E-state index contributed by atoms with van der Waals surface area (Å²) in [5.74, 6) is -0.0658. The summed E-state index contributed by atoms with van der Waals surface area (Å²) in [5.41, 5.74) is 1.71. The van der Waals surface area contributed by atoms with Crippen LogP contribution in [-0.2, 0) is 4.79 Å². The lowest BCUT2D eigenvalue weighted by Crippen LogP contribution is -2.13. The molecular weight excluding hydrogens is 360 g/mol. The van der Waals surface area contributed by atoms with Gasteiger partial charge < -0.3 is 5.32 Å². The number of nitriles is 1. The van der Waals surface area contributed by atoms with E-state index in [4.69, 9.17) is 5.26 Å². The highest BCUT2D eigenvalue weighted by Crippen LogP contribution is 2.31. The molecule has 1 N–H and O–H groups in total. The molecular formula is C16H10N4O3S2. The first kappa shape index (κ1) is 16.9. The predicted molar refractivity (Wildman–Crippen MR) is 96.8 cm³/mol. The van der Waals surface area contributed by atoms with Gasteiger partial charge in [0.2, 0.25) is 5.91 Å². The van der Waals surface area contributed by atoms with Gasteiger partial charge in [0.25, 0.3) is 5.69 Å². The number of benzene rings is 2. The summed E-state index contributed by atoms with van der Waals surface area (Å²) in [6, 6.07) is 13.2. The number of non-ortho nitro benzene ring substituents is 1. The molecule has 7 nitrogen and oxygen atoms in total. The molecule has 9 heteroatoms. The minimum atomic E-state index is -0.450. The van der Waals surface area contributed by atoms with E-state index in [2.05, 4.69) is 10.3 Å². The van der Waals surface area contributed by atoms with Crippen LogP contribution in [0.2, 0.25) is 0 Å². The summed E-state index contributed by atoms with van der Waals surface area (Å²) in [5, 5.41) is 22.4. The van der Waals surface area contributed by atoms with Crippen LogP contribution in [0, 0.1) is 21.4 Å². The Morgan fingerprint density at radius 1 is 1.36 bits per heavy atom. The smallest absolute Gasteiger partial charge is 0.270 e. The Morgan fingerprint density at radius 2 is 2.20 bits per heavy atom. The second-order valence-corrected chi connectivity index (χ2v) is 7.17. The van der Waals surface area contributed by atoms with E-state index in [1.54, 1.807) is 30.3 Å². The van der Waals surface area contributed by atoms with Crippen LogP contribution in [0.15, 0.2) is 46.8 Å². The molecule has 0 unspecified atom stereocenters. The molecule has 0 saturated heterocycles. The fourth-order valence-corrected chi connectivity index (χ4v) is 3.96. The third kappa shape index (κ3) is 4.12. The summed E-state index contributed by atoms with van der Waals surface area (Å²) in [7, 11) is 0. The van der Waals surface area contributed by atoms with Gasteiger partial charge in [-0.1, -0.05) is 17.8 Å². The van der Waals surface area contributed by atoms with Gasteiger partial charge in [-0.2, -0.15) is 5.26 Å². The number of carbonyl (C=O) groups excluding carboxylic acids is 1. The fraction of sp³-hybridized carbons (Fsp3) is 0.0625. The van der Waals surface area contributed by atoms with E-state index in [1.807, 2.05) is 6.07 Å².